The summed E-state index contributed by atoms with van der Waals surface area (Å²) in [6.45, 7) is 3.64. The first kappa shape index (κ1) is 24.6. The summed E-state index contributed by atoms with van der Waals surface area (Å²) in [5, 5.41) is 9.09. The Hall–Kier alpha value is -3.05. The molecule has 33 heavy (non-hydrogen) atoms. The van der Waals surface area contributed by atoms with Crippen LogP contribution in [0.25, 0.3) is 0 Å². The molecule has 0 aliphatic carbocycles. The third-order valence-corrected chi connectivity index (χ3v) is 6.78. The number of nitrogens with zero attached hydrogens (tertiary/aromatic N) is 1. The number of ketones is 1. The second-order valence-electron chi connectivity index (χ2n) is 8.26. The maximum Gasteiger partial charge on any atom is 0.289 e. The molecule has 2 amide bonds. The van der Waals surface area contributed by atoms with Gasteiger partial charge in [-0.15, -0.1) is 0 Å². The van der Waals surface area contributed by atoms with Crippen LogP contribution in [0.1, 0.15) is 38.1 Å². The van der Waals surface area contributed by atoms with Crippen LogP contribution in [-0.2, 0) is 37.2 Å². The molecule has 3 rings (SSSR count). The van der Waals surface area contributed by atoms with E-state index in [0.29, 0.717) is 30.7 Å². The number of rotatable bonds is 6. The summed E-state index contributed by atoms with van der Waals surface area (Å²) in [5.74, 6) is -2.01. The van der Waals surface area contributed by atoms with E-state index in [1.54, 1.807) is 38.1 Å². The van der Waals surface area contributed by atoms with Gasteiger partial charge in [0, 0.05) is 19.0 Å². The molecule has 1 aromatic heterocycles. The Balaban J connectivity index is 1.78. The van der Waals surface area contributed by atoms with Crippen LogP contribution >= 0.6 is 0 Å². The molecule has 11 heteroatoms. The van der Waals surface area contributed by atoms with Crippen LogP contribution in [0, 0.1) is 5.92 Å². The normalized spacial score (nSPS) is 18.7. The minimum absolute atomic E-state index is 0.0201. The average molecular weight is 477 g/mol. The van der Waals surface area contributed by atoms with Gasteiger partial charge in [0.05, 0.1) is 16.6 Å². The van der Waals surface area contributed by atoms with E-state index in [0.717, 1.165) is 0 Å². The number of benzene rings is 1. The number of carbonyl (C=O) groups is 3. The van der Waals surface area contributed by atoms with Gasteiger partial charge in [0.15, 0.2) is 0 Å². The minimum atomic E-state index is -3.97. The highest BCUT2D eigenvalue weighted by Gasteiger charge is 2.33. The highest BCUT2D eigenvalue weighted by Crippen LogP contribution is 2.14. The summed E-state index contributed by atoms with van der Waals surface area (Å²) in [5.41, 5.74) is 0.614. The van der Waals surface area contributed by atoms with Crippen molar-refractivity contribution >= 4 is 27.6 Å². The van der Waals surface area contributed by atoms with Gasteiger partial charge in [0.25, 0.3) is 5.91 Å². The Morgan fingerprint density at radius 2 is 1.91 bits per heavy atom. The predicted octanol–water partition coefficient (Wildman–Crippen LogP) is 0.727. The minimum Gasteiger partial charge on any atom is -0.361 e. The van der Waals surface area contributed by atoms with E-state index in [2.05, 4.69) is 20.5 Å². The largest absolute Gasteiger partial charge is 0.361 e. The standard InChI is InChI=1S/C22H28N4O6S/c1-14(2)19(26-33(30,31)17-8-4-3-5-9-17)21(28)24-18-11-10-15-13-16(32-25-15)7-6-12-23-22(29)20(18)27/h3-5,8-9,13-14,18-19,26H,6-7,10-12H2,1-2H3,(H,23,29)(H,24,28). The van der Waals surface area contributed by atoms with Gasteiger partial charge in [0.1, 0.15) is 11.8 Å². The van der Waals surface area contributed by atoms with Crippen LogP contribution in [0.5, 0.6) is 0 Å². The molecular formula is C22H28N4O6S. The fourth-order valence-electron chi connectivity index (χ4n) is 3.45. The van der Waals surface area contributed by atoms with E-state index in [9.17, 15) is 22.8 Å². The fourth-order valence-corrected chi connectivity index (χ4v) is 4.82. The molecule has 2 bridgehead atoms. The zero-order valence-corrected chi connectivity index (χ0v) is 19.4. The first-order valence-corrected chi connectivity index (χ1v) is 12.3. The number of sulfonamides is 1. The molecule has 0 spiro atoms. The monoisotopic (exact) mass is 476 g/mol. The van der Waals surface area contributed by atoms with Gasteiger partial charge in [-0.2, -0.15) is 4.72 Å². The van der Waals surface area contributed by atoms with Crippen molar-refractivity contribution in [3.63, 3.8) is 0 Å². The topological polar surface area (TPSA) is 147 Å². The molecule has 2 unspecified atom stereocenters. The number of fused-ring (bicyclic) bond motifs is 2. The van der Waals surface area contributed by atoms with Gasteiger partial charge >= 0.3 is 0 Å². The molecule has 2 heterocycles. The van der Waals surface area contributed by atoms with Crippen LogP contribution in [0.15, 0.2) is 45.8 Å². The lowest BCUT2D eigenvalue weighted by Crippen LogP contribution is -2.55. The zero-order chi connectivity index (χ0) is 24.0. The summed E-state index contributed by atoms with van der Waals surface area (Å²) in [7, 11) is -3.97. The molecule has 10 nitrogen and oxygen atoms in total. The van der Waals surface area contributed by atoms with Crippen LogP contribution < -0.4 is 15.4 Å². The molecular weight excluding hydrogens is 448 g/mol. The van der Waals surface area contributed by atoms with Gasteiger partial charge < -0.3 is 15.2 Å². The lowest BCUT2D eigenvalue weighted by atomic mass is 10.0. The lowest BCUT2D eigenvalue weighted by Gasteiger charge is -2.25. The molecule has 0 fully saturated rings. The Kier molecular flexibility index (Phi) is 7.98. The molecule has 1 aliphatic heterocycles. The summed E-state index contributed by atoms with van der Waals surface area (Å²) in [6.07, 6.45) is 1.57. The number of amides is 2. The van der Waals surface area contributed by atoms with Crippen molar-refractivity contribution in [3.8, 4) is 0 Å². The number of carbonyl (C=O) groups excluding carboxylic acids is 3. The molecule has 1 aliphatic rings. The van der Waals surface area contributed by atoms with Crippen molar-refractivity contribution in [3.05, 3.63) is 47.9 Å². The Bertz CT molecular complexity index is 1100. The van der Waals surface area contributed by atoms with Gasteiger partial charge in [-0.3, -0.25) is 14.4 Å². The number of nitrogens with one attached hydrogen (secondary N) is 3. The summed E-state index contributed by atoms with van der Waals surface area (Å²) in [4.78, 5) is 38.1. The SMILES string of the molecule is CC(C)C(NS(=O)(=O)c1ccccc1)C(=O)NC1CCc2cc(on2)CCCNC(=O)C1=O. The van der Waals surface area contributed by atoms with Crippen molar-refractivity contribution in [1.29, 1.82) is 0 Å². The Morgan fingerprint density at radius 1 is 1.18 bits per heavy atom. The average Bonchev–Trinajstić information content (AvgIpc) is 3.24. The first-order valence-electron chi connectivity index (χ1n) is 10.8. The molecule has 178 valence electrons. The van der Waals surface area contributed by atoms with Crippen molar-refractivity contribution in [2.24, 2.45) is 5.92 Å². The number of aromatic nitrogens is 1. The quantitative estimate of drug-likeness (QED) is 0.521. The van der Waals surface area contributed by atoms with Crippen molar-refractivity contribution in [1.82, 2.24) is 20.5 Å². The molecule has 1 aromatic carbocycles. The molecule has 0 saturated carbocycles. The number of Topliss-reactive ketones (excluding diaryl/α,β-unsaturated/α-hetero) is 1. The van der Waals surface area contributed by atoms with Crippen LogP contribution in [0.3, 0.4) is 0 Å². The highest BCUT2D eigenvalue weighted by atomic mass is 32.2. The number of aryl methyl sites for hydroxylation is 2. The third kappa shape index (κ3) is 6.48. The molecule has 2 atom stereocenters. The van der Waals surface area contributed by atoms with Crippen molar-refractivity contribution < 1.29 is 27.3 Å². The van der Waals surface area contributed by atoms with E-state index >= 15 is 0 Å². The lowest BCUT2D eigenvalue weighted by molar-refractivity contribution is -0.140. The van der Waals surface area contributed by atoms with E-state index in [-0.39, 0.29) is 17.9 Å². The Morgan fingerprint density at radius 3 is 2.61 bits per heavy atom. The van der Waals surface area contributed by atoms with Gasteiger partial charge in [-0.05, 0) is 37.3 Å². The van der Waals surface area contributed by atoms with Gasteiger partial charge in [-0.25, -0.2) is 8.42 Å². The van der Waals surface area contributed by atoms with Crippen molar-refractivity contribution in [2.75, 3.05) is 6.54 Å². The Labute approximate surface area is 192 Å². The molecule has 0 saturated heterocycles. The van der Waals surface area contributed by atoms with Crippen molar-refractivity contribution in [2.45, 2.75) is 56.5 Å². The second-order valence-corrected chi connectivity index (χ2v) is 9.98. The summed E-state index contributed by atoms with van der Waals surface area (Å²) in [6, 6.07) is 7.19. The van der Waals surface area contributed by atoms with Crippen LogP contribution in [0.2, 0.25) is 0 Å². The van der Waals surface area contributed by atoms with E-state index in [4.69, 9.17) is 4.52 Å². The first-order chi connectivity index (χ1) is 15.7. The molecule has 0 radical (unpaired) electrons. The van der Waals surface area contributed by atoms with E-state index in [1.165, 1.54) is 12.1 Å². The fraction of sp³-hybridized carbons (Fsp3) is 0.455. The van der Waals surface area contributed by atoms with E-state index in [1.807, 2.05) is 0 Å². The number of hydrogen-bond donors (Lipinski definition) is 3. The maximum atomic E-state index is 13.1. The summed E-state index contributed by atoms with van der Waals surface area (Å²) >= 11 is 0. The van der Waals surface area contributed by atoms with E-state index < -0.39 is 45.6 Å². The predicted molar refractivity (Wildman–Crippen MR) is 118 cm³/mol. The second kappa shape index (κ2) is 10.7. The van der Waals surface area contributed by atoms with Gasteiger partial charge in [0.2, 0.25) is 21.7 Å². The zero-order valence-electron chi connectivity index (χ0n) is 18.5. The maximum absolute atomic E-state index is 13.1. The third-order valence-electron chi connectivity index (χ3n) is 5.32. The summed E-state index contributed by atoms with van der Waals surface area (Å²) < 4.78 is 33.2. The highest BCUT2D eigenvalue weighted by molar-refractivity contribution is 7.89. The smallest absolute Gasteiger partial charge is 0.289 e. The van der Waals surface area contributed by atoms with Crippen LogP contribution in [0.4, 0.5) is 0 Å². The van der Waals surface area contributed by atoms with Gasteiger partial charge in [-0.1, -0.05) is 37.2 Å². The molecule has 3 N–H and O–H groups in total. The number of hydrogen-bond acceptors (Lipinski definition) is 7. The van der Waals surface area contributed by atoms with Crippen LogP contribution in [-0.4, -0.2) is 49.8 Å². The molecule has 2 aromatic rings.